The Bertz CT molecular complexity index is 936. The molecule has 0 radical (unpaired) electrons. The molecule has 0 aliphatic heterocycles. The summed E-state index contributed by atoms with van der Waals surface area (Å²) in [5, 5.41) is 2.79. The van der Waals surface area contributed by atoms with Crippen LogP contribution < -0.4 is 19.5 Å². The molecule has 28 heavy (non-hydrogen) atoms. The molecule has 2 aromatic carbocycles. The average molecular weight is 385 g/mol. The van der Waals surface area contributed by atoms with Crippen LogP contribution in [-0.2, 0) is 13.2 Å². The molecule has 1 aromatic heterocycles. The lowest BCUT2D eigenvalue weighted by Crippen LogP contribution is -2.22. The fourth-order valence-corrected chi connectivity index (χ4v) is 2.52. The second kappa shape index (κ2) is 8.94. The van der Waals surface area contributed by atoms with E-state index >= 15 is 0 Å². The van der Waals surface area contributed by atoms with Crippen LogP contribution in [0.1, 0.15) is 21.9 Å². The standard InChI is InChI=1S/C21H20FNO5/c1-25-18-9-3-14(11-20(18)26-2)12-23-21(24)19-10-8-17(28-19)13-27-16-6-4-15(22)5-7-16/h3-11H,12-13H2,1-2H3,(H,23,24). The van der Waals surface area contributed by atoms with E-state index in [1.807, 2.05) is 6.07 Å². The van der Waals surface area contributed by atoms with Gasteiger partial charge in [0, 0.05) is 6.54 Å². The predicted molar refractivity (Wildman–Crippen MR) is 100 cm³/mol. The monoisotopic (exact) mass is 385 g/mol. The first-order valence-electron chi connectivity index (χ1n) is 8.55. The maximum atomic E-state index is 12.9. The summed E-state index contributed by atoms with van der Waals surface area (Å²) in [6, 6.07) is 14.3. The van der Waals surface area contributed by atoms with E-state index in [0.29, 0.717) is 29.6 Å². The maximum Gasteiger partial charge on any atom is 0.287 e. The van der Waals surface area contributed by atoms with Crippen molar-refractivity contribution < 1.29 is 27.8 Å². The average Bonchev–Trinajstić information content (AvgIpc) is 3.20. The first-order valence-corrected chi connectivity index (χ1v) is 8.55. The van der Waals surface area contributed by atoms with Crippen LogP contribution in [0.15, 0.2) is 59.0 Å². The molecule has 0 atom stereocenters. The van der Waals surface area contributed by atoms with Crippen molar-refractivity contribution in [3.05, 3.63) is 77.5 Å². The molecular weight excluding hydrogens is 365 g/mol. The lowest BCUT2D eigenvalue weighted by Gasteiger charge is -2.10. The molecule has 0 aliphatic rings. The third-order valence-corrected chi connectivity index (χ3v) is 3.98. The van der Waals surface area contributed by atoms with Crippen LogP contribution in [-0.4, -0.2) is 20.1 Å². The summed E-state index contributed by atoms with van der Waals surface area (Å²) in [6.45, 7) is 0.440. The van der Waals surface area contributed by atoms with Crippen molar-refractivity contribution in [2.75, 3.05) is 14.2 Å². The Labute approximate surface area is 161 Å². The van der Waals surface area contributed by atoms with Gasteiger partial charge in [-0.3, -0.25) is 4.79 Å². The minimum Gasteiger partial charge on any atom is -0.493 e. The number of hydrogen-bond donors (Lipinski definition) is 1. The summed E-state index contributed by atoms with van der Waals surface area (Å²) < 4.78 is 34.3. The number of halogens is 1. The van der Waals surface area contributed by atoms with Crippen LogP contribution >= 0.6 is 0 Å². The highest BCUT2D eigenvalue weighted by Gasteiger charge is 2.12. The van der Waals surface area contributed by atoms with Crippen molar-refractivity contribution in [1.29, 1.82) is 0 Å². The molecule has 0 fully saturated rings. The molecule has 3 aromatic rings. The predicted octanol–water partition coefficient (Wildman–Crippen LogP) is 3.94. The van der Waals surface area contributed by atoms with Gasteiger partial charge in [0.1, 0.15) is 23.9 Å². The van der Waals surface area contributed by atoms with Gasteiger partial charge in [0.05, 0.1) is 14.2 Å². The van der Waals surface area contributed by atoms with Gasteiger partial charge in [0.2, 0.25) is 0 Å². The smallest absolute Gasteiger partial charge is 0.287 e. The van der Waals surface area contributed by atoms with Crippen LogP contribution in [0, 0.1) is 5.82 Å². The normalized spacial score (nSPS) is 10.4. The van der Waals surface area contributed by atoms with Gasteiger partial charge in [-0.2, -0.15) is 0 Å². The summed E-state index contributed by atoms with van der Waals surface area (Å²) in [5.74, 6) is 1.71. The van der Waals surface area contributed by atoms with Crippen LogP contribution in [0.4, 0.5) is 4.39 Å². The Morgan fingerprint density at radius 1 is 1.00 bits per heavy atom. The third-order valence-electron chi connectivity index (χ3n) is 3.98. The van der Waals surface area contributed by atoms with Gasteiger partial charge in [0.15, 0.2) is 17.3 Å². The molecule has 0 saturated heterocycles. The number of methoxy groups -OCH3 is 2. The van der Waals surface area contributed by atoms with E-state index in [4.69, 9.17) is 18.6 Å². The molecule has 3 rings (SSSR count). The summed E-state index contributed by atoms with van der Waals surface area (Å²) in [6.07, 6.45) is 0. The molecule has 0 bridgehead atoms. The zero-order chi connectivity index (χ0) is 19.9. The highest BCUT2D eigenvalue weighted by molar-refractivity contribution is 5.91. The maximum absolute atomic E-state index is 12.9. The number of furan rings is 1. The Kier molecular flexibility index (Phi) is 6.16. The molecule has 1 heterocycles. The number of rotatable bonds is 8. The number of carbonyl (C=O) groups excluding carboxylic acids is 1. The number of ether oxygens (including phenoxy) is 3. The summed E-state index contributed by atoms with van der Waals surface area (Å²) in [5.41, 5.74) is 0.859. The lowest BCUT2D eigenvalue weighted by atomic mass is 10.2. The number of benzene rings is 2. The van der Waals surface area contributed by atoms with Gasteiger partial charge in [-0.15, -0.1) is 0 Å². The summed E-state index contributed by atoms with van der Waals surface area (Å²) >= 11 is 0. The Morgan fingerprint density at radius 2 is 1.75 bits per heavy atom. The van der Waals surface area contributed by atoms with E-state index < -0.39 is 0 Å². The van der Waals surface area contributed by atoms with E-state index in [0.717, 1.165) is 5.56 Å². The first-order chi connectivity index (χ1) is 13.6. The Balaban J connectivity index is 1.54. The van der Waals surface area contributed by atoms with Crippen molar-refractivity contribution in [2.45, 2.75) is 13.2 Å². The van der Waals surface area contributed by atoms with Gasteiger partial charge >= 0.3 is 0 Å². The molecule has 1 amide bonds. The van der Waals surface area contributed by atoms with Crippen LogP contribution in [0.2, 0.25) is 0 Å². The second-order valence-electron chi connectivity index (χ2n) is 5.88. The summed E-state index contributed by atoms with van der Waals surface area (Å²) in [7, 11) is 3.12. The van der Waals surface area contributed by atoms with Gasteiger partial charge in [-0.25, -0.2) is 4.39 Å². The van der Waals surface area contributed by atoms with Gasteiger partial charge in [-0.05, 0) is 54.1 Å². The van der Waals surface area contributed by atoms with E-state index in [1.54, 1.807) is 38.5 Å². The molecule has 1 N–H and O–H groups in total. The molecule has 0 saturated carbocycles. The van der Waals surface area contributed by atoms with Crippen molar-refractivity contribution in [1.82, 2.24) is 5.32 Å². The first kappa shape index (κ1) is 19.3. The van der Waals surface area contributed by atoms with Crippen molar-refractivity contribution in [2.24, 2.45) is 0 Å². The minimum atomic E-state index is -0.345. The Hall–Kier alpha value is -3.48. The highest BCUT2D eigenvalue weighted by Crippen LogP contribution is 2.27. The molecule has 7 heteroatoms. The SMILES string of the molecule is COc1ccc(CNC(=O)c2ccc(COc3ccc(F)cc3)o2)cc1OC. The van der Waals surface area contributed by atoms with E-state index in [1.165, 1.54) is 24.3 Å². The second-order valence-corrected chi connectivity index (χ2v) is 5.88. The highest BCUT2D eigenvalue weighted by atomic mass is 19.1. The summed E-state index contributed by atoms with van der Waals surface area (Å²) in [4.78, 5) is 12.3. The van der Waals surface area contributed by atoms with Crippen LogP contribution in [0.25, 0.3) is 0 Å². The third kappa shape index (κ3) is 4.82. The fourth-order valence-electron chi connectivity index (χ4n) is 2.52. The number of carbonyl (C=O) groups is 1. The van der Waals surface area contributed by atoms with Gasteiger partial charge in [0.25, 0.3) is 5.91 Å². The van der Waals surface area contributed by atoms with Crippen LogP contribution in [0.5, 0.6) is 17.2 Å². The lowest BCUT2D eigenvalue weighted by molar-refractivity contribution is 0.0919. The van der Waals surface area contributed by atoms with E-state index in [2.05, 4.69) is 5.32 Å². The zero-order valence-corrected chi connectivity index (χ0v) is 15.5. The van der Waals surface area contributed by atoms with Crippen molar-refractivity contribution in [3.8, 4) is 17.2 Å². The molecule has 6 nitrogen and oxygen atoms in total. The minimum absolute atomic E-state index is 0.134. The van der Waals surface area contributed by atoms with Gasteiger partial charge in [-0.1, -0.05) is 6.07 Å². The fraction of sp³-hybridized carbons (Fsp3) is 0.190. The Morgan fingerprint density at radius 3 is 2.46 bits per heavy atom. The number of nitrogens with one attached hydrogen (secondary N) is 1. The van der Waals surface area contributed by atoms with E-state index in [-0.39, 0.29) is 24.1 Å². The van der Waals surface area contributed by atoms with E-state index in [9.17, 15) is 9.18 Å². The largest absolute Gasteiger partial charge is 0.493 e. The topological polar surface area (TPSA) is 69.9 Å². The number of amides is 1. The molecule has 0 spiro atoms. The molecule has 0 unspecified atom stereocenters. The quantitative estimate of drug-likeness (QED) is 0.636. The van der Waals surface area contributed by atoms with Crippen molar-refractivity contribution in [3.63, 3.8) is 0 Å². The number of hydrogen-bond acceptors (Lipinski definition) is 5. The van der Waals surface area contributed by atoms with Gasteiger partial charge < -0.3 is 23.9 Å². The van der Waals surface area contributed by atoms with Crippen LogP contribution in [0.3, 0.4) is 0 Å². The molecule has 146 valence electrons. The zero-order valence-electron chi connectivity index (χ0n) is 15.5. The molecular formula is C21H20FNO5. The van der Waals surface area contributed by atoms with Crippen molar-refractivity contribution >= 4 is 5.91 Å². The molecule has 0 aliphatic carbocycles.